The molecule has 1 atom stereocenters. The fourth-order valence-electron chi connectivity index (χ4n) is 2.11. The van der Waals surface area contributed by atoms with Crippen LogP contribution in [0.3, 0.4) is 0 Å². The van der Waals surface area contributed by atoms with E-state index < -0.39 is 0 Å². The number of ether oxygens (including phenoxy) is 1. The van der Waals surface area contributed by atoms with E-state index in [2.05, 4.69) is 31.0 Å². The molecule has 0 aliphatic carbocycles. The fraction of sp³-hybridized carbons (Fsp3) is 0.600. The molecule has 0 aromatic heterocycles. The van der Waals surface area contributed by atoms with Gasteiger partial charge in [-0.2, -0.15) is 0 Å². The van der Waals surface area contributed by atoms with Crippen LogP contribution in [-0.4, -0.2) is 38.7 Å². The minimum atomic E-state index is 0.677. The van der Waals surface area contributed by atoms with Crippen LogP contribution in [0.5, 0.6) is 5.75 Å². The van der Waals surface area contributed by atoms with Crippen molar-refractivity contribution in [2.24, 2.45) is 11.7 Å². The van der Waals surface area contributed by atoms with Crippen LogP contribution in [0.1, 0.15) is 18.9 Å². The number of rotatable bonds is 8. The Bertz CT molecular complexity index is 324. The number of likely N-dealkylation sites (N-methyl/N-ethyl adjacent to an activating group) is 1. The molecule has 0 aliphatic heterocycles. The van der Waals surface area contributed by atoms with Gasteiger partial charge in [-0.15, -0.1) is 0 Å². The molecule has 2 N–H and O–H groups in total. The van der Waals surface area contributed by atoms with E-state index in [1.54, 1.807) is 7.11 Å². The first kappa shape index (κ1) is 15.0. The summed E-state index contributed by atoms with van der Waals surface area (Å²) in [4.78, 5) is 2.38. The van der Waals surface area contributed by atoms with E-state index in [0.717, 1.165) is 38.2 Å². The summed E-state index contributed by atoms with van der Waals surface area (Å²) in [6.45, 7) is 5.25. The summed E-state index contributed by atoms with van der Waals surface area (Å²) in [6, 6.07) is 8.31. The SMILES string of the molecule is COc1ccc(CCN(C)CC(C)CCN)cc1. The van der Waals surface area contributed by atoms with Crippen molar-refractivity contribution in [2.45, 2.75) is 19.8 Å². The molecule has 0 aliphatic rings. The second-order valence-corrected chi connectivity index (χ2v) is 5.04. The van der Waals surface area contributed by atoms with E-state index >= 15 is 0 Å². The first-order valence-electron chi connectivity index (χ1n) is 6.67. The first-order valence-corrected chi connectivity index (χ1v) is 6.67. The van der Waals surface area contributed by atoms with Crippen LogP contribution in [0.4, 0.5) is 0 Å². The molecule has 0 spiro atoms. The van der Waals surface area contributed by atoms with Crippen molar-refractivity contribution >= 4 is 0 Å². The van der Waals surface area contributed by atoms with E-state index in [9.17, 15) is 0 Å². The van der Waals surface area contributed by atoms with Crippen molar-refractivity contribution < 1.29 is 4.74 Å². The molecule has 0 fully saturated rings. The lowest BCUT2D eigenvalue weighted by molar-refractivity contribution is 0.283. The minimum absolute atomic E-state index is 0.677. The van der Waals surface area contributed by atoms with Crippen LogP contribution in [0.15, 0.2) is 24.3 Å². The highest BCUT2D eigenvalue weighted by molar-refractivity contribution is 5.27. The molecular weight excluding hydrogens is 224 g/mol. The highest BCUT2D eigenvalue weighted by Crippen LogP contribution is 2.12. The van der Waals surface area contributed by atoms with Gasteiger partial charge in [0, 0.05) is 13.1 Å². The predicted octanol–water partition coefficient (Wildman–Crippen LogP) is 2.15. The maximum absolute atomic E-state index is 5.57. The molecule has 1 unspecified atom stereocenters. The normalized spacial score (nSPS) is 12.7. The Morgan fingerprint density at radius 1 is 1.28 bits per heavy atom. The molecule has 102 valence electrons. The van der Waals surface area contributed by atoms with Crippen LogP contribution in [0.25, 0.3) is 0 Å². The van der Waals surface area contributed by atoms with Crippen LogP contribution in [-0.2, 0) is 6.42 Å². The largest absolute Gasteiger partial charge is 0.497 e. The summed E-state index contributed by atoms with van der Waals surface area (Å²) < 4.78 is 5.15. The number of nitrogens with zero attached hydrogens (tertiary/aromatic N) is 1. The minimum Gasteiger partial charge on any atom is -0.497 e. The molecule has 0 saturated carbocycles. The van der Waals surface area contributed by atoms with Gasteiger partial charge < -0.3 is 15.4 Å². The average molecular weight is 250 g/mol. The zero-order valence-corrected chi connectivity index (χ0v) is 11.9. The molecular formula is C15H26N2O. The Hall–Kier alpha value is -1.06. The maximum atomic E-state index is 5.57. The Balaban J connectivity index is 2.30. The maximum Gasteiger partial charge on any atom is 0.118 e. The molecule has 0 radical (unpaired) electrons. The van der Waals surface area contributed by atoms with E-state index in [1.165, 1.54) is 5.56 Å². The molecule has 0 amide bonds. The molecule has 0 saturated heterocycles. The van der Waals surface area contributed by atoms with Gasteiger partial charge in [0.1, 0.15) is 5.75 Å². The summed E-state index contributed by atoms with van der Waals surface area (Å²) >= 11 is 0. The van der Waals surface area contributed by atoms with Gasteiger partial charge in [-0.05, 0) is 50.0 Å². The quantitative estimate of drug-likeness (QED) is 0.768. The fourth-order valence-corrected chi connectivity index (χ4v) is 2.11. The Kier molecular flexibility index (Phi) is 6.76. The average Bonchev–Trinajstić information content (AvgIpc) is 2.37. The molecule has 1 aromatic carbocycles. The number of hydrogen-bond donors (Lipinski definition) is 1. The van der Waals surface area contributed by atoms with Crippen molar-refractivity contribution in [3.8, 4) is 5.75 Å². The van der Waals surface area contributed by atoms with E-state index in [-0.39, 0.29) is 0 Å². The molecule has 0 heterocycles. The van der Waals surface area contributed by atoms with Crippen LogP contribution >= 0.6 is 0 Å². The lowest BCUT2D eigenvalue weighted by Gasteiger charge is -2.20. The number of nitrogens with two attached hydrogens (primary N) is 1. The lowest BCUT2D eigenvalue weighted by Crippen LogP contribution is -2.27. The number of methoxy groups -OCH3 is 1. The van der Waals surface area contributed by atoms with Crippen molar-refractivity contribution in [3.05, 3.63) is 29.8 Å². The van der Waals surface area contributed by atoms with Crippen molar-refractivity contribution in [3.63, 3.8) is 0 Å². The van der Waals surface area contributed by atoms with Crippen molar-refractivity contribution in [2.75, 3.05) is 33.8 Å². The number of benzene rings is 1. The smallest absolute Gasteiger partial charge is 0.118 e. The van der Waals surface area contributed by atoms with Gasteiger partial charge in [0.05, 0.1) is 7.11 Å². The van der Waals surface area contributed by atoms with E-state index in [4.69, 9.17) is 10.5 Å². The number of hydrogen-bond acceptors (Lipinski definition) is 3. The third-order valence-electron chi connectivity index (χ3n) is 3.22. The topological polar surface area (TPSA) is 38.5 Å². The summed E-state index contributed by atoms with van der Waals surface area (Å²) in [5, 5.41) is 0. The van der Waals surface area contributed by atoms with Gasteiger partial charge in [-0.25, -0.2) is 0 Å². The van der Waals surface area contributed by atoms with Gasteiger partial charge in [-0.1, -0.05) is 19.1 Å². The molecule has 18 heavy (non-hydrogen) atoms. The highest BCUT2D eigenvalue weighted by atomic mass is 16.5. The summed E-state index contributed by atoms with van der Waals surface area (Å²) in [5.74, 6) is 1.60. The molecule has 3 nitrogen and oxygen atoms in total. The van der Waals surface area contributed by atoms with Gasteiger partial charge in [0.15, 0.2) is 0 Å². The van der Waals surface area contributed by atoms with Gasteiger partial charge >= 0.3 is 0 Å². The second kappa shape index (κ2) is 8.11. The van der Waals surface area contributed by atoms with Crippen LogP contribution in [0.2, 0.25) is 0 Å². The Labute approximate surface area is 111 Å². The lowest BCUT2D eigenvalue weighted by atomic mass is 10.1. The second-order valence-electron chi connectivity index (χ2n) is 5.04. The molecule has 1 aromatic rings. The standard InChI is InChI=1S/C15H26N2O/c1-13(8-10-16)12-17(2)11-9-14-4-6-15(18-3)7-5-14/h4-7,13H,8-12,16H2,1-3H3. The zero-order valence-electron chi connectivity index (χ0n) is 11.9. The third kappa shape index (κ3) is 5.52. The first-order chi connectivity index (χ1) is 8.65. The van der Waals surface area contributed by atoms with E-state index in [0.29, 0.717) is 5.92 Å². The van der Waals surface area contributed by atoms with Crippen LogP contribution in [0, 0.1) is 5.92 Å². The monoisotopic (exact) mass is 250 g/mol. The van der Waals surface area contributed by atoms with Gasteiger partial charge in [0.25, 0.3) is 0 Å². The predicted molar refractivity (Wildman–Crippen MR) is 77.0 cm³/mol. The summed E-state index contributed by atoms with van der Waals surface area (Å²) in [5.41, 5.74) is 6.92. The zero-order chi connectivity index (χ0) is 13.4. The highest BCUT2D eigenvalue weighted by Gasteiger charge is 2.05. The van der Waals surface area contributed by atoms with Crippen molar-refractivity contribution in [1.29, 1.82) is 0 Å². The summed E-state index contributed by atoms with van der Waals surface area (Å²) in [7, 11) is 3.87. The molecule has 1 rings (SSSR count). The van der Waals surface area contributed by atoms with E-state index in [1.807, 2.05) is 12.1 Å². The Morgan fingerprint density at radius 2 is 1.94 bits per heavy atom. The molecule has 0 bridgehead atoms. The third-order valence-corrected chi connectivity index (χ3v) is 3.22. The Morgan fingerprint density at radius 3 is 2.50 bits per heavy atom. The molecule has 3 heteroatoms. The van der Waals surface area contributed by atoms with Crippen LogP contribution < -0.4 is 10.5 Å². The summed E-state index contributed by atoms with van der Waals surface area (Å²) in [6.07, 6.45) is 2.18. The van der Waals surface area contributed by atoms with Gasteiger partial charge in [-0.3, -0.25) is 0 Å². The van der Waals surface area contributed by atoms with Crippen molar-refractivity contribution in [1.82, 2.24) is 4.90 Å². The van der Waals surface area contributed by atoms with Gasteiger partial charge in [0.2, 0.25) is 0 Å².